The molecule has 1 saturated heterocycles. The van der Waals surface area contributed by atoms with Crippen LogP contribution in [0.5, 0.6) is 0 Å². The van der Waals surface area contributed by atoms with Crippen LogP contribution >= 0.6 is 11.3 Å². The van der Waals surface area contributed by atoms with E-state index in [9.17, 15) is 14.3 Å². The van der Waals surface area contributed by atoms with Crippen molar-refractivity contribution in [2.75, 3.05) is 25.4 Å². The fraction of sp³-hybridized carbons (Fsp3) is 0.385. The number of thiazole rings is 1. The molecule has 1 aliphatic heterocycles. The molecule has 1 aliphatic rings. The molecule has 5 heterocycles. The zero-order valence-corrected chi connectivity index (χ0v) is 21.9. The Kier molecular flexibility index (Phi) is 6.04. The van der Waals surface area contributed by atoms with Gasteiger partial charge in [-0.15, -0.1) is 5.10 Å². The Hall–Kier alpha value is -3.61. The fourth-order valence-corrected chi connectivity index (χ4v) is 6.02. The molecule has 6 rings (SSSR count). The fourth-order valence-electron chi connectivity index (χ4n) is 5.08. The molecule has 0 unspecified atom stereocenters. The largest absolute Gasteiger partial charge is 0.461 e. The van der Waals surface area contributed by atoms with Crippen LogP contribution in [0.4, 0.5) is 10.3 Å². The van der Waals surface area contributed by atoms with E-state index >= 15 is 0 Å². The number of rotatable bonds is 6. The molecule has 0 bridgehead atoms. The third-order valence-electron chi connectivity index (χ3n) is 7.23. The number of aliphatic hydroxyl groups is 1. The van der Waals surface area contributed by atoms with Gasteiger partial charge in [0.2, 0.25) is 11.8 Å². The van der Waals surface area contributed by atoms with Crippen molar-refractivity contribution < 1.29 is 13.9 Å². The van der Waals surface area contributed by atoms with Crippen molar-refractivity contribution in [3.05, 3.63) is 63.2 Å². The summed E-state index contributed by atoms with van der Waals surface area (Å²) in [6, 6.07) is 8.56. The van der Waals surface area contributed by atoms with Gasteiger partial charge in [0.1, 0.15) is 10.5 Å². The lowest BCUT2D eigenvalue weighted by atomic mass is 9.87. The third kappa shape index (κ3) is 4.38. The summed E-state index contributed by atoms with van der Waals surface area (Å²) in [7, 11) is 0. The van der Waals surface area contributed by atoms with E-state index in [0.29, 0.717) is 51.8 Å². The molecule has 10 nitrogen and oxygen atoms in total. The molecule has 0 spiro atoms. The summed E-state index contributed by atoms with van der Waals surface area (Å²) in [5, 5.41) is 14.6. The number of benzene rings is 1. The molecule has 5 aromatic rings. The molecular formula is C26H28FN7O3S. The van der Waals surface area contributed by atoms with Crippen molar-refractivity contribution >= 4 is 33.3 Å². The van der Waals surface area contributed by atoms with Crippen molar-refractivity contribution in [3.8, 4) is 11.6 Å². The molecule has 1 aromatic carbocycles. The SMILES string of the molecule is CC(C)(O)c1ccc(C2CCN(CCn3c(=O)sc4c3nc(N)n3nc(-c5ccco5)nc43)CC2)c(F)c1. The standard InChI is InChI=1S/C26H28FN7O3S/c1-26(2,36)16-5-6-17(18(27)14-16)15-7-9-32(10-8-15)11-12-33-22-20(38-25(33)35)23-29-21(19-4-3-13-37-19)31-34(23)24(28)30-22/h3-6,13-15,36H,7-12H2,1-2H3,(H2,28,30). The van der Waals surface area contributed by atoms with E-state index in [0.717, 1.165) is 37.3 Å². The second-order valence-corrected chi connectivity index (χ2v) is 11.2. The molecule has 1 fully saturated rings. The van der Waals surface area contributed by atoms with Crippen LogP contribution in [0.2, 0.25) is 0 Å². The number of hydrogen-bond donors (Lipinski definition) is 2. The van der Waals surface area contributed by atoms with E-state index in [2.05, 4.69) is 20.0 Å². The zero-order chi connectivity index (χ0) is 26.6. The van der Waals surface area contributed by atoms with E-state index < -0.39 is 5.60 Å². The highest BCUT2D eigenvalue weighted by molar-refractivity contribution is 7.17. The Bertz CT molecular complexity index is 1680. The first-order valence-corrected chi connectivity index (χ1v) is 13.3. The van der Waals surface area contributed by atoms with Crippen LogP contribution in [-0.2, 0) is 12.1 Å². The molecule has 0 atom stereocenters. The number of halogens is 1. The van der Waals surface area contributed by atoms with Gasteiger partial charge < -0.3 is 20.2 Å². The molecule has 0 amide bonds. The first kappa shape index (κ1) is 24.7. The average Bonchev–Trinajstić information content (AvgIpc) is 3.62. The summed E-state index contributed by atoms with van der Waals surface area (Å²) in [4.78, 5) is 24.1. The van der Waals surface area contributed by atoms with E-state index in [1.807, 2.05) is 6.07 Å². The number of furan rings is 1. The lowest BCUT2D eigenvalue weighted by molar-refractivity contribution is 0.0781. The minimum Gasteiger partial charge on any atom is -0.461 e. The highest BCUT2D eigenvalue weighted by atomic mass is 32.1. The predicted molar refractivity (Wildman–Crippen MR) is 143 cm³/mol. The molecule has 4 aromatic heterocycles. The minimum atomic E-state index is -1.08. The van der Waals surface area contributed by atoms with Gasteiger partial charge in [-0.1, -0.05) is 23.5 Å². The van der Waals surface area contributed by atoms with Crippen LogP contribution in [0.25, 0.3) is 27.6 Å². The van der Waals surface area contributed by atoms with Crippen molar-refractivity contribution in [3.63, 3.8) is 0 Å². The minimum absolute atomic E-state index is 0.123. The maximum absolute atomic E-state index is 14.8. The summed E-state index contributed by atoms with van der Waals surface area (Å²) in [5.74, 6) is 0.876. The summed E-state index contributed by atoms with van der Waals surface area (Å²) < 4.78 is 23.9. The quantitative estimate of drug-likeness (QED) is 0.336. The van der Waals surface area contributed by atoms with E-state index in [1.165, 1.54) is 10.6 Å². The lowest BCUT2D eigenvalue weighted by Gasteiger charge is -2.32. The number of nitrogens with two attached hydrogens (primary N) is 1. The molecule has 38 heavy (non-hydrogen) atoms. The Labute approximate surface area is 221 Å². The third-order valence-corrected chi connectivity index (χ3v) is 8.20. The molecular weight excluding hydrogens is 509 g/mol. The van der Waals surface area contributed by atoms with E-state index in [4.69, 9.17) is 10.2 Å². The summed E-state index contributed by atoms with van der Waals surface area (Å²) in [6.07, 6.45) is 3.18. The Morgan fingerprint density at radius 2 is 1.97 bits per heavy atom. The van der Waals surface area contributed by atoms with Gasteiger partial charge in [0.15, 0.2) is 17.1 Å². The van der Waals surface area contributed by atoms with Gasteiger partial charge in [-0.2, -0.15) is 9.50 Å². The average molecular weight is 538 g/mol. The van der Waals surface area contributed by atoms with Crippen LogP contribution in [-0.4, -0.2) is 53.8 Å². The highest BCUT2D eigenvalue weighted by Gasteiger charge is 2.26. The van der Waals surface area contributed by atoms with Crippen molar-refractivity contribution in [2.45, 2.75) is 44.8 Å². The number of likely N-dealkylation sites (tertiary alicyclic amines) is 1. The normalized spacial score (nSPS) is 15.7. The number of hydrogen-bond acceptors (Lipinski definition) is 9. The van der Waals surface area contributed by atoms with Crippen molar-refractivity contribution in [1.82, 2.24) is 29.0 Å². The number of fused-ring (bicyclic) bond motifs is 3. The second-order valence-electron chi connectivity index (χ2n) is 10.2. The summed E-state index contributed by atoms with van der Waals surface area (Å²) in [6.45, 7) is 6.02. The topological polar surface area (TPSA) is 128 Å². The van der Waals surface area contributed by atoms with E-state index in [1.54, 1.807) is 42.9 Å². The number of nitrogens with zero attached hydrogens (tertiary/aromatic N) is 6. The number of nitrogen functional groups attached to an aromatic ring is 1. The second kappa shape index (κ2) is 9.29. The molecule has 12 heteroatoms. The van der Waals surface area contributed by atoms with Gasteiger partial charge in [-0.25, -0.2) is 9.37 Å². The van der Waals surface area contributed by atoms with Crippen LogP contribution in [0, 0.1) is 5.82 Å². The van der Waals surface area contributed by atoms with Gasteiger partial charge in [-0.3, -0.25) is 9.36 Å². The maximum Gasteiger partial charge on any atom is 0.309 e. The maximum atomic E-state index is 14.8. The number of anilines is 1. The van der Waals surface area contributed by atoms with Crippen LogP contribution in [0.3, 0.4) is 0 Å². The number of piperidine rings is 1. The van der Waals surface area contributed by atoms with Gasteiger partial charge >= 0.3 is 4.87 Å². The molecule has 0 radical (unpaired) electrons. The van der Waals surface area contributed by atoms with Crippen LogP contribution < -0.4 is 10.6 Å². The smallest absolute Gasteiger partial charge is 0.309 e. The predicted octanol–water partition coefficient (Wildman–Crippen LogP) is 3.59. The first-order valence-electron chi connectivity index (χ1n) is 12.5. The van der Waals surface area contributed by atoms with Crippen molar-refractivity contribution in [2.24, 2.45) is 0 Å². The Morgan fingerprint density at radius 3 is 2.66 bits per heavy atom. The Morgan fingerprint density at radius 1 is 1.18 bits per heavy atom. The van der Waals surface area contributed by atoms with Crippen molar-refractivity contribution in [1.29, 1.82) is 0 Å². The van der Waals surface area contributed by atoms with Gasteiger partial charge in [-0.05, 0) is 75.0 Å². The zero-order valence-electron chi connectivity index (χ0n) is 21.1. The summed E-state index contributed by atoms with van der Waals surface area (Å²) in [5.41, 5.74) is 7.33. The first-order chi connectivity index (χ1) is 18.2. The van der Waals surface area contributed by atoms with Crippen LogP contribution in [0.15, 0.2) is 45.8 Å². The number of aromatic nitrogens is 5. The highest BCUT2D eigenvalue weighted by Crippen LogP contribution is 2.32. The monoisotopic (exact) mass is 537 g/mol. The molecule has 0 saturated carbocycles. The van der Waals surface area contributed by atoms with Gasteiger partial charge in [0.05, 0.1) is 11.9 Å². The molecule has 198 valence electrons. The van der Waals surface area contributed by atoms with Crippen LogP contribution in [0.1, 0.15) is 43.7 Å². The van der Waals surface area contributed by atoms with Gasteiger partial charge in [0, 0.05) is 13.1 Å². The Balaban J connectivity index is 1.17. The molecule has 3 N–H and O–H groups in total. The van der Waals surface area contributed by atoms with E-state index in [-0.39, 0.29) is 22.6 Å². The lowest BCUT2D eigenvalue weighted by Crippen LogP contribution is -2.36. The summed E-state index contributed by atoms with van der Waals surface area (Å²) >= 11 is 1.07. The van der Waals surface area contributed by atoms with Gasteiger partial charge in [0.25, 0.3) is 0 Å². The molecule has 0 aliphatic carbocycles.